The van der Waals surface area contributed by atoms with Gasteiger partial charge in [-0.2, -0.15) is 19.7 Å². The van der Waals surface area contributed by atoms with Crippen molar-refractivity contribution in [2.75, 3.05) is 5.32 Å². The number of fused-ring (bicyclic) bond motifs is 1. The number of benzene rings is 1. The van der Waals surface area contributed by atoms with Crippen molar-refractivity contribution >= 4 is 39.0 Å². The van der Waals surface area contributed by atoms with E-state index in [4.69, 9.17) is 11.6 Å². The van der Waals surface area contributed by atoms with Gasteiger partial charge in [-0.25, -0.2) is 9.37 Å². The van der Waals surface area contributed by atoms with Crippen LogP contribution in [0.3, 0.4) is 0 Å². The van der Waals surface area contributed by atoms with E-state index in [2.05, 4.69) is 25.4 Å². The second-order valence-corrected chi connectivity index (χ2v) is 6.62. The second-order valence-electron chi connectivity index (χ2n) is 4.96. The van der Waals surface area contributed by atoms with Crippen molar-refractivity contribution in [1.82, 2.24) is 24.7 Å². The third-order valence-electron chi connectivity index (χ3n) is 3.35. The number of rotatable bonds is 4. The molecule has 0 aliphatic rings. The van der Waals surface area contributed by atoms with Crippen LogP contribution in [0.15, 0.2) is 43.0 Å². The van der Waals surface area contributed by atoms with Gasteiger partial charge >= 0.3 is 0 Å². The molecule has 0 saturated heterocycles. The van der Waals surface area contributed by atoms with E-state index >= 15 is 0 Å². The van der Waals surface area contributed by atoms with Crippen molar-refractivity contribution in [2.45, 2.75) is 6.54 Å². The van der Waals surface area contributed by atoms with E-state index in [-0.39, 0.29) is 5.82 Å². The van der Waals surface area contributed by atoms with Gasteiger partial charge in [0.2, 0.25) is 0 Å². The Kier molecular flexibility index (Phi) is 3.83. The summed E-state index contributed by atoms with van der Waals surface area (Å²) in [6, 6.07) is 8.11. The Balaban J connectivity index is 1.71. The standard InChI is InChI=1S/C15H10ClFN6S/c16-12-5-11-13(19-6-9-1-3-10(17)4-2-9)21-15(22-14(11)24-12)23-8-18-7-20-23/h1-5,7-8H,6H2,(H,19,21,22). The van der Waals surface area contributed by atoms with E-state index in [1.165, 1.54) is 40.8 Å². The molecule has 3 heterocycles. The molecule has 3 aromatic heterocycles. The number of halogens is 2. The molecular weight excluding hydrogens is 351 g/mol. The summed E-state index contributed by atoms with van der Waals surface area (Å²) in [5, 5.41) is 8.13. The van der Waals surface area contributed by atoms with Crippen LogP contribution in [0.1, 0.15) is 5.56 Å². The molecular formula is C15H10ClFN6S. The third-order valence-corrected chi connectivity index (χ3v) is 4.51. The number of nitrogens with zero attached hydrogens (tertiary/aromatic N) is 5. The average Bonchev–Trinajstić information content (AvgIpc) is 3.22. The summed E-state index contributed by atoms with van der Waals surface area (Å²) in [5.74, 6) is 0.777. The number of hydrogen-bond donors (Lipinski definition) is 1. The molecule has 0 atom stereocenters. The van der Waals surface area contributed by atoms with Gasteiger partial charge in [-0.3, -0.25) is 0 Å². The quantitative estimate of drug-likeness (QED) is 0.601. The highest BCUT2D eigenvalue weighted by molar-refractivity contribution is 7.22. The van der Waals surface area contributed by atoms with E-state index in [9.17, 15) is 4.39 Å². The molecule has 24 heavy (non-hydrogen) atoms. The molecule has 0 aliphatic carbocycles. The lowest BCUT2D eigenvalue weighted by atomic mass is 10.2. The molecule has 0 radical (unpaired) electrons. The summed E-state index contributed by atoms with van der Waals surface area (Å²) in [4.78, 5) is 13.6. The molecule has 0 saturated carbocycles. The maximum Gasteiger partial charge on any atom is 0.255 e. The lowest BCUT2D eigenvalue weighted by Gasteiger charge is -2.08. The number of aromatic nitrogens is 5. The molecule has 9 heteroatoms. The number of hydrogen-bond acceptors (Lipinski definition) is 6. The first-order valence-corrected chi connectivity index (χ1v) is 8.19. The fourth-order valence-electron chi connectivity index (χ4n) is 2.22. The van der Waals surface area contributed by atoms with Gasteiger partial charge in [0.15, 0.2) is 0 Å². The van der Waals surface area contributed by atoms with Crippen molar-refractivity contribution in [3.8, 4) is 5.95 Å². The minimum absolute atomic E-state index is 0.263. The summed E-state index contributed by atoms with van der Waals surface area (Å²) >= 11 is 7.48. The summed E-state index contributed by atoms with van der Waals surface area (Å²) in [7, 11) is 0. The van der Waals surface area contributed by atoms with Crippen LogP contribution in [0.5, 0.6) is 0 Å². The third kappa shape index (κ3) is 2.93. The number of nitrogens with one attached hydrogen (secondary N) is 1. The van der Waals surface area contributed by atoms with Gasteiger partial charge in [0.05, 0.1) is 9.72 Å². The van der Waals surface area contributed by atoms with Crippen molar-refractivity contribution in [2.24, 2.45) is 0 Å². The first kappa shape index (κ1) is 15.0. The van der Waals surface area contributed by atoms with Crippen LogP contribution in [0.2, 0.25) is 4.34 Å². The topological polar surface area (TPSA) is 68.5 Å². The number of thiophene rings is 1. The van der Waals surface area contributed by atoms with Crippen molar-refractivity contribution in [3.05, 3.63) is 58.7 Å². The second kappa shape index (κ2) is 6.14. The lowest BCUT2D eigenvalue weighted by molar-refractivity contribution is 0.627. The number of anilines is 1. The zero-order valence-corrected chi connectivity index (χ0v) is 13.7. The predicted octanol–water partition coefficient (Wildman–Crippen LogP) is 3.68. The van der Waals surface area contributed by atoms with E-state index in [0.717, 1.165) is 15.8 Å². The molecule has 4 aromatic rings. The molecule has 1 N–H and O–H groups in total. The Morgan fingerprint density at radius 1 is 1.21 bits per heavy atom. The first-order chi connectivity index (χ1) is 11.7. The molecule has 6 nitrogen and oxygen atoms in total. The SMILES string of the molecule is Fc1ccc(CNc2nc(-n3cncn3)nc3sc(Cl)cc23)cc1. The fourth-order valence-corrected chi connectivity index (χ4v) is 3.30. The maximum atomic E-state index is 13.0. The summed E-state index contributed by atoms with van der Waals surface area (Å²) in [6.45, 7) is 0.497. The van der Waals surface area contributed by atoms with Gasteiger partial charge in [-0.1, -0.05) is 23.7 Å². The van der Waals surface area contributed by atoms with E-state index in [1.54, 1.807) is 12.1 Å². The van der Waals surface area contributed by atoms with Crippen molar-refractivity contribution < 1.29 is 4.39 Å². The zero-order chi connectivity index (χ0) is 16.5. The molecule has 0 fully saturated rings. The molecule has 0 bridgehead atoms. The van der Waals surface area contributed by atoms with Gasteiger partial charge in [-0.05, 0) is 23.8 Å². The van der Waals surface area contributed by atoms with Crippen LogP contribution in [0, 0.1) is 5.82 Å². The Morgan fingerprint density at radius 2 is 2.04 bits per heavy atom. The Bertz CT molecular complexity index is 983. The van der Waals surface area contributed by atoms with Gasteiger partial charge in [0.25, 0.3) is 5.95 Å². The maximum absolute atomic E-state index is 13.0. The van der Waals surface area contributed by atoms with Crippen LogP contribution < -0.4 is 5.32 Å². The van der Waals surface area contributed by atoms with Gasteiger partial charge in [-0.15, -0.1) is 11.3 Å². The molecule has 0 spiro atoms. The highest BCUT2D eigenvalue weighted by Crippen LogP contribution is 2.32. The van der Waals surface area contributed by atoms with E-state index in [0.29, 0.717) is 22.6 Å². The van der Waals surface area contributed by atoms with Crippen LogP contribution in [-0.2, 0) is 6.54 Å². The largest absolute Gasteiger partial charge is 0.365 e. The Labute approximate surface area is 145 Å². The Morgan fingerprint density at radius 3 is 2.79 bits per heavy atom. The molecule has 1 aromatic carbocycles. The smallest absolute Gasteiger partial charge is 0.255 e. The van der Waals surface area contributed by atoms with E-state index in [1.807, 2.05) is 6.07 Å². The molecule has 0 unspecified atom stereocenters. The average molecular weight is 361 g/mol. The molecule has 0 aliphatic heterocycles. The van der Waals surface area contributed by atoms with Crippen molar-refractivity contribution in [1.29, 1.82) is 0 Å². The summed E-state index contributed by atoms with van der Waals surface area (Å²) < 4.78 is 15.1. The zero-order valence-electron chi connectivity index (χ0n) is 12.1. The lowest BCUT2D eigenvalue weighted by Crippen LogP contribution is -2.07. The van der Waals surface area contributed by atoms with Crippen LogP contribution in [0.25, 0.3) is 16.2 Å². The molecule has 4 rings (SSSR count). The minimum Gasteiger partial charge on any atom is -0.365 e. The normalized spacial score (nSPS) is 11.1. The Hall–Kier alpha value is -2.58. The van der Waals surface area contributed by atoms with Crippen LogP contribution in [0.4, 0.5) is 10.2 Å². The fraction of sp³-hybridized carbons (Fsp3) is 0.0667. The monoisotopic (exact) mass is 360 g/mol. The van der Waals surface area contributed by atoms with Gasteiger partial charge in [0.1, 0.15) is 29.1 Å². The van der Waals surface area contributed by atoms with Crippen molar-refractivity contribution in [3.63, 3.8) is 0 Å². The molecule has 120 valence electrons. The van der Waals surface area contributed by atoms with E-state index < -0.39 is 0 Å². The summed E-state index contributed by atoms with van der Waals surface area (Å²) in [6.07, 6.45) is 2.95. The van der Waals surface area contributed by atoms with Crippen LogP contribution in [-0.4, -0.2) is 24.7 Å². The highest BCUT2D eigenvalue weighted by atomic mass is 35.5. The van der Waals surface area contributed by atoms with Gasteiger partial charge < -0.3 is 5.32 Å². The van der Waals surface area contributed by atoms with Crippen LogP contribution >= 0.6 is 22.9 Å². The van der Waals surface area contributed by atoms with Gasteiger partial charge in [0, 0.05) is 6.54 Å². The predicted molar refractivity (Wildman–Crippen MR) is 91.1 cm³/mol. The first-order valence-electron chi connectivity index (χ1n) is 6.99. The summed E-state index contributed by atoms with van der Waals surface area (Å²) in [5.41, 5.74) is 0.937. The highest BCUT2D eigenvalue weighted by Gasteiger charge is 2.12. The minimum atomic E-state index is -0.263. The molecule has 0 amide bonds.